The summed E-state index contributed by atoms with van der Waals surface area (Å²) in [5, 5.41) is 0. The number of fused-ring (bicyclic) bond motifs is 2. The first-order valence-corrected chi connectivity index (χ1v) is 4.57. The zero-order valence-corrected chi connectivity index (χ0v) is 8.11. The molecule has 0 unspecified atom stereocenters. The van der Waals surface area contributed by atoms with Crippen LogP contribution in [-0.4, -0.2) is 24.8 Å². The molecule has 0 aromatic heterocycles. The second kappa shape index (κ2) is 2.66. The smallest absolute Gasteiger partial charge is 0.197 e. The van der Waals surface area contributed by atoms with E-state index in [0.29, 0.717) is 0 Å². The van der Waals surface area contributed by atoms with Crippen molar-refractivity contribution in [2.45, 2.75) is 25.7 Å². The minimum atomic E-state index is -0.783. The van der Waals surface area contributed by atoms with Gasteiger partial charge in [0.1, 0.15) is 5.78 Å². The molecule has 4 atom stereocenters. The van der Waals surface area contributed by atoms with E-state index in [1.54, 1.807) is 7.11 Å². The molecule has 2 rings (SSSR count). The maximum absolute atomic E-state index is 11.8. The minimum absolute atomic E-state index is 0.0444. The summed E-state index contributed by atoms with van der Waals surface area (Å²) in [5.41, 5.74) is 0. The predicted octanol–water partition coefficient (Wildman–Crippen LogP) is 1.14. The lowest BCUT2D eigenvalue weighted by Gasteiger charge is -2.39. The summed E-state index contributed by atoms with van der Waals surface area (Å²) in [5.74, 6) is -0.809. The van der Waals surface area contributed by atoms with Crippen LogP contribution in [0.4, 0.5) is 0 Å². The second-order valence-corrected chi connectivity index (χ2v) is 3.78. The van der Waals surface area contributed by atoms with E-state index >= 15 is 0 Å². The summed E-state index contributed by atoms with van der Waals surface area (Å²) in [4.78, 5) is 11.8. The van der Waals surface area contributed by atoms with E-state index in [-0.39, 0.29) is 23.7 Å². The molecule has 0 spiro atoms. The summed E-state index contributed by atoms with van der Waals surface area (Å²) in [7, 11) is 1.58. The fourth-order valence-electron chi connectivity index (χ4n) is 2.08. The first-order chi connectivity index (χ1) is 6.10. The average molecular weight is 182 g/mol. The molecular weight excluding hydrogens is 168 g/mol. The van der Waals surface area contributed by atoms with Crippen molar-refractivity contribution in [3.63, 3.8) is 0 Å². The van der Waals surface area contributed by atoms with E-state index in [1.165, 1.54) is 0 Å². The SMILES string of the molecule is CO[C@@]12C=C[C@@H](O1)[C@H](C)C(=O)[C@H]2C. The number of carbonyl (C=O) groups is 1. The van der Waals surface area contributed by atoms with Crippen LogP contribution in [0.1, 0.15) is 13.8 Å². The van der Waals surface area contributed by atoms with Crippen molar-refractivity contribution in [2.24, 2.45) is 11.8 Å². The Morgan fingerprint density at radius 2 is 2.23 bits per heavy atom. The molecule has 0 aromatic carbocycles. The first kappa shape index (κ1) is 8.91. The molecule has 0 N–H and O–H groups in total. The lowest BCUT2D eigenvalue weighted by atomic mass is 9.86. The normalized spacial score (nSPS) is 48.5. The Hall–Kier alpha value is -0.670. The summed E-state index contributed by atoms with van der Waals surface area (Å²) in [6, 6.07) is 0. The van der Waals surface area contributed by atoms with Crippen molar-refractivity contribution < 1.29 is 14.3 Å². The quantitative estimate of drug-likeness (QED) is 0.570. The highest BCUT2D eigenvalue weighted by atomic mass is 16.7. The van der Waals surface area contributed by atoms with Crippen molar-refractivity contribution in [1.29, 1.82) is 0 Å². The van der Waals surface area contributed by atoms with Crippen LogP contribution in [-0.2, 0) is 14.3 Å². The molecule has 1 saturated heterocycles. The van der Waals surface area contributed by atoms with Crippen LogP contribution in [0.2, 0.25) is 0 Å². The number of Topliss-reactive ketones (excluding diaryl/α,β-unsaturated/α-hetero) is 1. The van der Waals surface area contributed by atoms with E-state index in [9.17, 15) is 4.79 Å². The number of rotatable bonds is 1. The fourth-order valence-corrected chi connectivity index (χ4v) is 2.08. The standard InChI is InChI=1S/C10H14O3/c1-6-8-4-5-10(12-3,13-8)7(2)9(6)11/h4-8H,1-3H3/t6-,7+,8+,10-/m0/s1. The zero-order chi connectivity index (χ0) is 9.64. The summed E-state index contributed by atoms with van der Waals surface area (Å²) in [6.07, 6.45) is 3.70. The highest BCUT2D eigenvalue weighted by molar-refractivity contribution is 5.86. The molecule has 0 amide bonds. The Morgan fingerprint density at radius 3 is 2.85 bits per heavy atom. The van der Waals surface area contributed by atoms with Gasteiger partial charge in [0, 0.05) is 13.0 Å². The number of ketones is 1. The Kier molecular flexibility index (Phi) is 1.82. The van der Waals surface area contributed by atoms with Crippen molar-refractivity contribution >= 4 is 5.78 Å². The van der Waals surface area contributed by atoms with Gasteiger partial charge in [0.25, 0.3) is 0 Å². The summed E-state index contributed by atoms with van der Waals surface area (Å²) in [6.45, 7) is 3.76. The highest BCUT2D eigenvalue weighted by Gasteiger charge is 2.52. The summed E-state index contributed by atoms with van der Waals surface area (Å²) >= 11 is 0. The largest absolute Gasteiger partial charge is 0.349 e. The third-order valence-corrected chi connectivity index (χ3v) is 3.13. The van der Waals surface area contributed by atoms with Gasteiger partial charge < -0.3 is 9.47 Å². The molecule has 0 saturated carbocycles. The Balaban J connectivity index is 2.36. The van der Waals surface area contributed by atoms with E-state index in [2.05, 4.69) is 0 Å². The van der Waals surface area contributed by atoms with Gasteiger partial charge in [-0.1, -0.05) is 13.0 Å². The fraction of sp³-hybridized carbons (Fsp3) is 0.700. The van der Waals surface area contributed by atoms with Crippen LogP contribution in [0.15, 0.2) is 12.2 Å². The molecule has 1 fully saturated rings. The third-order valence-electron chi connectivity index (χ3n) is 3.13. The second-order valence-electron chi connectivity index (χ2n) is 3.78. The first-order valence-electron chi connectivity index (χ1n) is 4.57. The van der Waals surface area contributed by atoms with Crippen LogP contribution in [0.25, 0.3) is 0 Å². The topological polar surface area (TPSA) is 35.5 Å². The van der Waals surface area contributed by atoms with E-state index in [0.717, 1.165) is 0 Å². The van der Waals surface area contributed by atoms with Crippen molar-refractivity contribution in [1.82, 2.24) is 0 Å². The Morgan fingerprint density at radius 1 is 1.54 bits per heavy atom. The molecule has 0 radical (unpaired) electrons. The van der Waals surface area contributed by atoms with Gasteiger partial charge in [0.15, 0.2) is 5.79 Å². The minimum Gasteiger partial charge on any atom is -0.349 e. The van der Waals surface area contributed by atoms with Gasteiger partial charge in [0.05, 0.1) is 12.0 Å². The lowest BCUT2D eigenvalue weighted by molar-refractivity contribution is -0.242. The van der Waals surface area contributed by atoms with Crippen molar-refractivity contribution in [3.05, 3.63) is 12.2 Å². The highest BCUT2D eigenvalue weighted by Crippen LogP contribution is 2.41. The van der Waals surface area contributed by atoms with Gasteiger partial charge >= 0.3 is 0 Å². The number of ether oxygens (including phenoxy) is 2. The van der Waals surface area contributed by atoms with Gasteiger partial charge in [-0.25, -0.2) is 0 Å². The molecule has 2 aliphatic rings. The maximum atomic E-state index is 11.8. The molecular formula is C10H14O3. The summed E-state index contributed by atoms with van der Waals surface area (Å²) < 4.78 is 10.9. The maximum Gasteiger partial charge on any atom is 0.197 e. The molecule has 0 aromatic rings. The Labute approximate surface area is 77.7 Å². The van der Waals surface area contributed by atoms with Crippen LogP contribution in [0, 0.1) is 11.8 Å². The van der Waals surface area contributed by atoms with Gasteiger partial charge in [-0.3, -0.25) is 4.79 Å². The molecule has 2 bridgehead atoms. The molecule has 2 heterocycles. The number of methoxy groups -OCH3 is 1. The van der Waals surface area contributed by atoms with Crippen LogP contribution >= 0.6 is 0 Å². The Bertz CT molecular complexity index is 271. The van der Waals surface area contributed by atoms with Crippen LogP contribution < -0.4 is 0 Å². The van der Waals surface area contributed by atoms with E-state index in [4.69, 9.17) is 9.47 Å². The monoisotopic (exact) mass is 182 g/mol. The third kappa shape index (κ3) is 1.00. The lowest BCUT2D eigenvalue weighted by Crippen LogP contribution is -2.51. The van der Waals surface area contributed by atoms with Gasteiger partial charge in [0.2, 0.25) is 0 Å². The van der Waals surface area contributed by atoms with E-state index in [1.807, 2.05) is 26.0 Å². The molecule has 2 aliphatic heterocycles. The van der Waals surface area contributed by atoms with Crippen LogP contribution in [0.3, 0.4) is 0 Å². The molecule has 72 valence electrons. The number of carbonyl (C=O) groups excluding carboxylic acids is 1. The zero-order valence-electron chi connectivity index (χ0n) is 8.11. The van der Waals surface area contributed by atoms with Crippen molar-refractivity contribution in [2.75, 3.05) is 7.11 Å². The van der Waals surface area contributed by atoms with E-state index < -0.39 is 5.79 Å². The van der Waals surface area contributed by atoms with Gasteiger partial charge in [-0.05, 0) is 13.0 Å². The number of hydrogen-bond donors (Lipinski definition) is 0. The predicted molar refractivity (Wildman–Crippen MR) is 47.1 cm³/mol. The van der Waals surface area contributed by atoms with Gasteiger partial charge in [-0.15, -0.1) is 0 Å². The number of hydrogen-bond acceptors (Lipinski definition) is 3. The van der Waals surface area contributed by atoms with Crippen molar-refractivity contribution in [3.8, 4) is 0 Å². The van der Waals surface area contributed by atoms with Gasteiger partial charge in [-0.2, -0.15) is 0 Å². The molecule has 0 aliphatic carbocycles. The molecule has 13 heavy (non-hydrogen) atoms. The van der Waals surface area contributed by atoms with Crippen LogP contribution in [0.5, 0.6) is 0 Å². The molecule has 3 nitrogen and oxygen atoms in total. The average Bonchev–Trinajstić information content (AvgIpc) is 2.55. The molecule has 3 heteroatoms.